The maximum Gasteiger partial charge on any atom is 0.260 e. The van der Waals surface area contributed by atoms with Gasteiger partial charge in [-0.2, -0.15) is 0 Å². The third-order valence-corrected chi connectivity index (χ3v) is 3.22. The van der Waals surface area contributed by atoms with Crippen molar-refractivity contribution in [2.24, 2.45) is 5.73 Å². The van der Waals surface area contributed by atoms with Crippen LogP contribution in [0.1, 0.15) is 17.3 Å². The predicted molar refractivity (Wildman–Crippen MR) is 74.5 cm³/mol. The highest BCUT2D eigenvalue weighted by atomic mass is 16.5. The van der Waals surface area contributed by atoms with E-state index in [1.54, 1.807) is 29.2 Å². The monoisotopic (exact) mass is 277 g/mol. The topological polar surface area (TPSA) is 84.7 Å². The number of hydrogen-bond acceptors (Lipinski definition) is 4. The van der Waals surface area contributed by atoms with Crippen LogP contribution in [0.25, 0.3) is 0 Å². The number of rotatable bonds is 4. The lowest BCUT2D eigenvalue weighted by atomic mass is 10.2. The number of ether oxygens (including phenoxy) is 1. The molecule has 1 saturated heterocycles. The molecular weight excluding hydrogens is 258 g/mol. The molecule has 0 unspecified atom stereocenters. The van der Waals surface area contributed by atoms with Gasteiger partial charge in [-0.3, -0.25) is 9.59 Å². The van der Waals surface area contributed by atoms with Crippen LogP contribution >= 0.6 is 0 Å². The summed E-state index contributed by atoms with van der Waals surface area (Å²) in [6, 6.07) is 6.73. The Morgan fingerprint density at radius 1 is 1.40 bits per heavy atom. The Morgan fingerprint density at radius 3 is 2.70 bits per heavy atom. The Hall–Kier alpha value is -2.08. The molecule has 0 radical (unpaired) electrons. The number of benzene rings is 1. The van der Waals surface area contributed by atoms with Crippen molar-refractivity contribution in [3.05, 3.63) is 29.8 Å². The zero-order valence-corrected chi connectivity index (χ0v) is 11.5. The number of primary amides is 1. The number of piperazine rings is 1. The second-order valence-electron chi connectivity index (χ2n) is 4.87. The molecule has 1 fully saturated rings. The van der Waals surface area contributed by atoms with E-state index in [-0.39, 0.29) is 12.5 Å². The fourth-order valence-corrected chi connectivity index (χ4v) is 2.11. The van der Waals surface area contributed by atoms with Gasteiger partial charge in [0.05, 0.1) is 0 Å². The van der Waals surface area contributed by atoms with Gasteiger partial charge >= 0.3 is 0 Å². The summed E-state index contributed by atoms with van der Waals surface area (Å²) < 4.78 is 5.43. The van der Waals surface area contributed by atoms with Crippen molar-refractivity contribution in [3.8, 4) is 5.75 Å². The standard InChI is InChI=1S/C14H19N3O3/c1-10-8-17(7-6-16-10)13(18)9-20-12-4-2-11(3-5-12)14(15)19/h2-5,10,16H,6-9H2,1H3,(H2,15,19)/t10-/m0/s1. The number of nitrogens with two attached hydrogens (primary N) is 1. The Kier molecular flexibility index (Phi) is 4.57. The lowest BCUT2D eigenvalue weighted by Gasteiger charge is -2.31. The predicted octanol–water partition coefficient (Wildman–Crippen LogP) is -0.0154. The molecule has 108 valence electrons. The first kappa shape index (κ1) is 14.3. The van der Waals surface area contributed by atoms with Crippen LogP contribution < -0.4 is 15.8 Å². The molecule has 1 atom stereocenters. The van der Waals surface area contributed by atoms with Crippen molar-refractivity contribution >= 4 is 11.8 Å². The van der Waals surface area contributed by atoms with Crippen LogP contribution in [0.15, 0.2) is 24.3 Å². The van der Waals surface area contributed by atoms with Crippen LogP contribution in [0.2, 0.25) is 0 Å². The highest BCUT2D eigenvalue weighted by molar-refractivity contribution is 5.92. The molecule has 1 aromatic carbocycles. The van der Waals surface area contributed by atoms with Gasteiger partial charge in [0.1, 0.15) is 5.75 Å². The average Bonchev–Trinajstić information content (AvgIpc) is 2.45. The van der Waals surface area contributed by atoms with E-state index in [0.29, 0.717) is 30.4 Å². The fraction of sp³-hybridized carbons (Fsp3) is 0.429. The highest BCUT2D eigenvalue weighted by Gasteiger charge is 2.20. The molecule has 0 saturated carbocycles. The largest absolute Gasteiger partial charge is 0.484 e. The van der Waals surface area contributed by atoms with E-state index in [9.17, 15) is 9.59 Å². The minimum absolute atomic E-state index is 0.00262. The van der Waals surface area contributed by atoms with Crippen LogP contribution in [-0.2, 0) is 4.79 Å². The molecule has 2 amide bonds. The Bertz CT molecular complexity index is 487. The first-order valence-corrected chi connectivity index (χ1v) is 6.60. The summed E-state index contributed by atoms with van der Waals surface area (Å²) in [6.45, 7) is 4.25. The van der Waals surface area contributed by atoms with Crippen molar-refractivity contribution in [3.63, 3.8) is 0 Å². The smallest absolute Gasteiger partial charge is 0.260 e. The van der Waals surface area contributed by atoms with E-state index in [1.807, 2.05) is 6.92 Å². The molecule has 3 N–H and O–H groups in total. The molecule has 20 heavy (non-hydrogen) atoms. The van der Waals surface area contributed by atoms with Crippen molar-refractivity contribution in [1.29, 1.82) is 0 Å². The van der Waals surface area contributed by atoms with Crippen molar-refractivity contribution < 1.29 is 14.3 Å². The Labute approximate surface area is 117 Å². The first-order valence-electron chi connectivity index (χ1n) is 6.60. The summed E-state index contributed by atoms with van der Waals surface area (Å²) >= 11 is 0. The minimum atomic E-state index is -0.484. The fourth-order valence-electron chi connectivity index (χ4n) is 2.11. The van der Waals surface area contributed by atoms with Gasteiger partial charge in [0.2, 0.25) is 5.91 Å². The zero-order valence-electron chi connectivity index (χ0n) is 11.5. The van der Waals surface area contributed by atoms with Gasteiger partial charge < -0.3 is 20.7 Å². The summed E-state index contributed by atoms with van der Waals surface area (Å²) in [5.41, 5.74) is 5.57. The van der Waals surface area contributed by atoms with E-state index in [0.717, 1.165) is 6.54 Å². The molecule has 0 bridgehead atoms. The molecule has 6 heteroatoms. The zero-order chi connectivity index (χ0) is 14.5. The lowest BCUT2D eigenvalue weighted by molar-refractivity contribution is -0.134. The maximum absolute atomic E-state index is 12.0. The number of hydrogen-bond donors (Lipinski definition) is 2. The Balaban J connectivity index is 1.85. The van der Waals surface area contributed by atoms with Crippen molar-refractivity contribution in [2.75, 3.05) is 26.2 Å². The van der Waals surface area contributed by atoms with Crippen molar-refractivity contribution in [2.45, 2.75) is 13.0 Å². The van der Waals surface area contributed by atoms with Gasteiger partial charge in [0.15, 0.2) is 6.61 Å². The van der Waals surface area contributed by atoms with Crippen molar-refractivity contribution in [1.82, 2.24) is 10.2 Å². The number of nitrogens with zero attached hydrogens (tertiary/aromatic N) is 1. The van der Waals surface area contributed by atoms with Crippen LogP contribution in [0.5, 0.6) is 5.75 Å². The summed E-state index contributed by atoms with van der Waals surface area (Å²) in [7, 11) is 0. The molecule has 0 spiro atoms. The quantitative estimate of drug-likeness (QED) is 0.810. The summed E-state index contributed by atoms with van der Waals surface area (Å²) in [6.07, 6.45) is 0. The van der Waals surface area contributed by atoms with Crippen LogP contribution in [-0.4, -0.2) is 49.0 Å². The maximum atomic E-state index is 12.0. The minimum Gasteiger partial charge on any atom is -0.484 e. The summed E-state index contributed by atoms with van der Waals surface area (Å²) in [5, 5.41) is 3.28. The molecular formula is C14H19N3O3. The number of carbonyl (C=O) groups excluding carboxylic acids is 2. The molecule has 1 heterocycles. The van der Waals surface area contributed by atoms with Gasteiger partial charge in [-0.1, -0.05) is 0 Å². The van der Waals surface area contributed by atoms with E-state index in [2.05, 4.69) is 5.32 Å². The molecule has 1 aliphatic heterocycles. The Morgan fingerprint density at radius 2 is 2.10 bits per heavy atom. The van der Waals surface area contributed by atoms with Crippen LogP contribution in [0.4, 0.5) is 0 Å². The van der Waals surface area contributed by atoms with Gasteiger partial charge in [0.25, 0.3) is 5.91 Å². The molecule has 6 nitrogen and oxygen atoms in total. The SMILES string of the molecule is C[C@H]1CN(C(=O)COc2ccc(C(N)=O)cc2)CCN1. The summed E-state index contributed by atoms with van der Waals surface area (Å²) in [5.74, 6) is 0.0336. The van der Waals surface area contributed by atoms with Crippen LogP contribution in [0.3, 0.4) is 0 Å². The van der Waals surface area contributed by atoms with Gasteiger partial charge in [-0.25, -0.2) is 0 Å². The van der Waals surface area contributed by atoms with E-state index < -0.39 is 5.91 Å². The highest BCUT2D eigenvalue weighted by Crippen LogP contribution is 2.12. The lowest BCUT2D eigenvalue weighted by Crippen LogP contribution is -2.52. The number of carbonyl (C=O) groups is 2. The van der Waals surface area contributed by atoms with E-state index in [1.165, 1.54) is 0 Å². The molecule has 0 aromatic heterocycles. The molecule has 1 aromatic rings. The third-order valence-electron chi connectivity index (χ3n) is 3.22. The van der Waals surface area contributed by atoms with Gasteiger partial charge in [0, 0.05) is 31.2 Å². The summed E-state index contributed by atoms with van der Waals surface area (Å²) in [4.78, 5) is 24.7. The van der Waals surface area contributed by atoms with Gasteiger partial charge in [-0.15, -0.1) is 0 Å². The van der Waals surface area contributed by atoms with Gasteiger partial charge in [-0.05, 0) is 31.2 Å². The van der Waals surface area contributed by atoms with E-state index >= 15 is 0 Å². The van der Waals surface area contributed by atoms with Crippen LogP contribution in [0, 0.1) is 0 Å². The molecule has 0 aliphatic carbocycles. The average molecular weight is 277 g/mol. The number of nitrogens with one attached hydrogen (secondary N) is 1. The molecule has 1 aliphatic rings. The second-order valence-corrected chi connectivity index (χ2v) is 4.87. The molecule has 2 rings (SSSR count). The normalized spacial score (nSPS) is 18.6. The second kappa shape index (κ2) is 6.38. The first-order chi connectivity index (χ1) is 9.56. The number of amides is 2. The third kappa shape index (κ3) is 3.71. The van der Waals surface area contributed by atoms with E-state index in [4.69, 9.17) is 10.5 Å².